The maximum atomic E-state index is 13.4. The largest absolute Gasteiger partial charge is 0.317 e. The van der Waals surface area contributed by atoms with Crippen LogP contribution in [0.4, 0.5) is 4.39 Å². The molecule has 0 aliphatic heterocycles. The van der Waals surface area contributed by atoms with Gasteiger partial charge >= 0.3 is 0 Å². The molecule has 2 rings (SSSR count). The number of hydrogen-bond donors (Lipinski definition) is 1. The lowest BCUT2D eigenvalue weighted by Crippen LogP contribution is -2.39. The predicted molar refractivity (Wildman–Crippen MR) is 77.7 cm³/mol. The molecule has 3 nitrogen and oxygen atoms in total. The zero-order valence-corrected chi connectivity index (χ0v) is 12.2. The molecular formula is C16H22FN3. The fourth-order valence-electron chi connectivity index (χ4n) is 3.03. The Bertz CT molecular complexity index is 487. The summed E-state index contributed by atoms with van der Waals surface area (Å²) in [6, 6.07) is 7.78. The Labute approximate surface area is 120 Å². The van der Waals surface area contributed by atoms with E-state index in [0.717, 1.165) is 5.56 Å². The predicted octanol–water partition coefficient (Wildman–Crippen LogP) is 2.66. The summed E-state index contributed by atoms with van der Waals surface area (Å²) in [5.74, 6) is -0.327. The summed E-state index contributed by atoms with van der Waals surface area (Å²) in [5.41, 5.74) is 1.27. The van der Waals surface area contributed by atoms with Crippen LogP contribution in [0.5, 0.6) is 0 Å². The average molecular weight is 275 g/mol. The molecule has 1 aromatic carbocycles. The van der Waals surface area contributed by atoms with Gasteiger partial charge in [-0.25, -0.2) is 4.39 Å². The summed E-state index contributed by atoms with van der Waals surface area (Å²) in [7, 11) is 4.10. The van der Waals surface area contributed by atoms with Crippen molar-refractivity contribution in [3.8, 4) is 6.07 Å². The van der Waals surface area contributed by atoms with Crippen LogP contribution >= 0.6 is 0 Å². The van der Waals surface area contributed by atoms with Gasteiger partial charge in [-0.1, -0.05) is 0 Å². The van der Waals surface area contributed by atoms with E-state index < -0.39 is 0 Å². The molecule has 1 N–H and O–H groups in total. The lowest BCUT2D eigenvalue weighted by molar-refractivity contribution is 0.170. The van der Waals surface area contributed by atoms with Gasteiger partial charge in [0.25, 0.3) is 0 Å². The maximum absolute atomic E-state index is 13.4. The molecule has 0 spiro atoms. The van der Waals surface area contributed by atoms with E-state index in [2.05, 4.69) is 17.3 Å². The van der Waals surface area contributed by atoms with E-state index in [9.17, 15) is 4.39 Å². The molecule has 0 amide bonds. The van der Waals surface area contributed by atoms with Gasteiger partial charge in [-0.2, -0.15) is 5.26 Å². The molecule has 1 aromatic rings. The number of hydrogen-bond acceptors (Lipinski definition) is 3. The van der Waals surface area contributed by atoms with Gasteiger partial charge < -0.3 is 5.32 Å². The van der Waals surface area contributed by atoms with Gasteiger partial charge in [-0.3, -0.25) is 4.90 Å². The lowest BCUT2D eigenvalue weighted by atomic mass is 9.90. The molecule has 0 heterocycles. The highest BCUT2D eigenvalue weighted by Gasteiger charge is 2.23. The van der Waals surface area contributed by atoms with Crippen LogP contribution in [0.25, 0.3) is 0 Å². The van der Waals surface area contributed by atoms with Crippen molar-refractivity contribution in [2.24, 2.45) is 0 Å². The van der Waals surface area contributed by atoms with Crippen LogP contribution in [-0.4, -0.2) is 31.1 Å². The summed E-state index contributed by atoms with van der Waals surface area (Å²) < 4.78 is 13.4. The third kappa shape index (κ3) is 3.78. The van der Waals surface area contributed by atoms with Crippen LogP contribution in [0.2, 0.25) is 0 Å². The van der Waals surface area contributed by atoms with E-state index >= 15 is 0 Å². The smallest absolute Gasteiger partial charge is 0.124 e. The molecule has 0 saturated heterocycles. The van der Waals surface area contributed by atoms with Crippen LogP contribution in [0.1, 0.15) is 36.8 Å². The molecule has 0 aromatic heterocycles. The average Bonchev–Trinajstić information content (AvgIpc) is 2.46. The Balaban J connectivity index is 1.96. The minimum atomic E-state index is -0.327. The van der Waals surface area contributed by atoms with Crippen LogP contribution in [0.3, 0.4) is 0 Å². The molecule has 1 saturated carbocycles. The summed E-state index contributed by atoms with van der Waals surface area (Å²) in [6.07, 6.45) is 4.72. The molecule has 20 heavy (non-hydrogen) atoms. The topological polar surface area (TPSA) is 39.1 Å². The first-order valence-corrected chi connectivity index (χ1v) is 7.19. The maximum Gasteiger partial charge on any atom is 0.124 e. The Morgan fingerprint density at radius 3 is 2.60 bits per heavy atom. The summed E-state index contributed by atoms with van der Waals surface area (Å²) in [6.45, 7) is 0.696. The quantitative estimate of drug-likeness (QED) is 0.918. The number of nitrogens with zero attached hydrogens (tertiary/aromatic N) is 2. The van der Waals surface area contributed by atoms with Crippen LogP contribution in [-0.2, 0) is 6.54 Å². The minimum Gasteiger partial charge on any atom is -0.317 e. The van der Waals surface area contributed by atoms with Crippen molar-refractivity contribution in [1.82, 2.24) is 10.2 Å². The van der Waals surface area contributed by atoms with Gasteiger partial charge in [0.1, 0.15) is 5.82 Å². The second kappa shape index (κ2) is 6.83. The fraction of sp³-hybridized carbons (Fsp3) is 0.562. The SMILES string of the molecule is CNC1CCC(N(C)Cc2cc(F)cc(C#N)c2)CC1. The van der Waals surface area contributed by atoms with E-state index in [1.165, 1.54) is 37.8 Å². The number of nitrogens with one attached hydrogen (secondary N) is 1. The van der Waals surface area contributed by atoms with Crippen molar-refractivity contribution in [2.45, 2.75) is 44.3 Å². The third-order valence-corrected chi connectivity index (χ3v) is 4.25. The molecule has 4 heteroatoms. The Hall–Kier alpha value is -1.44. The van der Waals surface area contributed by atoms with E-state index in [-0.39, 0.29) is 5.82 Å². The highest BCUT2D eigenvalue weighted by Crippen LogP contribution is 2.23. The standard InChI is InChI=1S/C16H22FN3/c1-19-15-3-5-16(6-4-15)20(2)11-13-7-12(10-18)8-14(17)9-13/h7-9,15-16,19H,3-6,11H2,1-2H3. The lowest BCUT2D eigenvalue weighted by Gasteiger charge is -2.34. The molecule has 1 aliphatic rings. The molecule has 1 aliphatic carbocycles. The van der Waals surface area contributed by atoms with Crippen LogP contribution in [0.15, 0.2) is 18.2 Å². The molecular weight excluding hydrogens is 253 g/mol. The molecule has 108 valence electrons. The summed E-state index contributed by atoms with van der Waals surface area (Å²) >= 11 is 0. The molecule has 0 atom stereocenters. The first-order valence-electron chi connectivity index (χ1n) is 7.19. The van der Waals surface area contributed by atoms with Gasteiger partial charge in [0.2, 0.25) is 0 Å². The van der Waals surface area contributed by atoms with E-state index in [1.54, 1.807) is 6.07 Å². The van der Waals surface area contributed by atoms with Crippen LogP contribution < -0.4 is 5.32 Å². The Morgan fingerprint density at radius 1 is 1.30 bits per heavy atom. The highest BCUT2D eigenvalue weighted by molar-refractivity contribution is 5.33. The van der Waals surface area contributed by atoms with Crippen molar-refractivity contribution in [2.75, 3.05) is 14.1 Å². The van der Waals surface area contributed by atoms with E-state index in [0.29, 0.717) is 24.2 Å². The van der Waals surface area contributed by atoms with Gasteiger partial charge in [0.05, 0.1) is 11.6 Å². The fourth-order valence-corrected chi connectivity index (χ4v) is 3.03. The number of nitriles is 1. The molecule has 0 unspecified atom stereocenters. The third-order valence-electron chi connectivity index (χ3n) is 4.25. The second-order valence-electron chi connectivity index (χ2n) is 5.67. The van der Waals surface area contributed by atoms with Crippen molar-refractivity contribution >= 4 is 0 Å². The molecule has 1 fully saturated rings. The zero-order valence-electron chi connectivity index (χ0n) is 12.2. The number of halogens is 1. The van der Waals surface area contributed by atoms with Crippen LogP contribution in [0, 0.1) is 17.1 Å². The van der Waals surface area contributed by atoms with Crippen molar-refractivity contribution in [3.63, 3.8) is 0 Å². The summed E-state index contributed by atoms with van der Waals surface area (Å²) in [4.78, 5) is 2.28. The Kier molecular flexibility index (Phi) is 5.11. The molecule has 0 bridgehead atoms. The monoisotopic (exact) mass is 275 g/mol. The van der Waals surface area contributed by atoms with E-state index in [4.69, 9.17) is 5.26 Å². The normalized spacial score (nSPS) is 22.8. The van der Waals surface area contributed by atoms with Gasteiger partial charge in [-0.15, -0.1) is 0 Å². The zero-order chi connectivity index (χ0) is 14.5. The van der Waals surface area contributed by atoms with Crippen molar-refractivity contribution < 1.29 is 4.39 Å². The van der Waals surface area contributed by atoms with E-state index in [1.807, 2.05) is 13.1 Å². The minimum absolute atomic E-state index is 0.327. The first kappa shape index (κ1) is 15.0. The second-order valence-corrected chi connectivity index (χ2v) is 5.67. The molecule has 0 radical (unpaired) electrons. The first-order chi connectivity index (χ1) is 9.62. The highest BCUT2D eigenvalue weighted by atomic mass is 19.1. The van der Waals surface area contributed by atoms with Gasteiger partial charge in [0.15, 0.2) is 0 Å². The Morgan fingerprint density at radius 2 is 2.00 bits per heavy atom. The van der Waals surface area contributed by atoms with Crippen molar-refractivity contribution in [3.05, 3.63) is 35.1 Å². The van der Waals surface area contributed by atoms with Gasteiger partial charge in [-0.05, 0) is 63.5 Å². The van der Waals surface area contributed by atoms with Gasteiger partial charge in [0, 0.05) is 18.6 Å². The summed E-state index contributed by atoms with van der Waals surface area (Å²) in [5, 5.41) is 12.2. The number of benzene rings is 1. The van der Waals surface area contributed by atoms with Crippen molar-refractivity contribution in [1.29, 1.82) is 5.26 Å². The number of rotatable bonds is 4.